The highest BCUT2D eigenvalue weighted by Crippen LogP contribution is 2.21. The standard InChI is InChI=1S/C17H17N3O3/c21-16(8-12-2-1-6-18-10-12)20-7-5-13-9-14(17(22)19-23)3-4-15(13)11-20/h1-4,6,9-10,23H,5,7-8,11H2,(H,19,22). The molecule has 0 spiro atoms. The van der Waals surface area contributed by atoms with Gasteiger partial charge in [-0.15, -0.1) is 0 Å². The van der Waals surface area contributed by atoms with E-state index in [0.29, 0.717) is 31.5 Å². The second kappa shape index (κ2) is 6.58. The van der Waals surface area contributed by atoms with Gasteiger partial charge < -0.3 is 4.90 Å². The number of amides is 2. The monoisotopic (exact) mass is 311 g/mol. The molecule has 1 aromatic carbocycles. The van der Waals surface area contributed by atoms with E-state index >= 15 is 0 Å². The molecule has 0 bridgehead atoms. The number of pyridine rings is 1. The van der Waals surface area contributed by atoms with Crippen LogP contribution in [0.15, 0.2) is 42.7 Å². The normalized spacial score (nSPS) is 13.3. The summed E-state index contributed by atoms with van der Waals surface area (Å²) in [5, 5.41) is 8.69. The second-order valence-corrected chi connectivity index (χ2v) is 5.53. The van der Waals surface area contributed by atoms with Crippen molar-refractivity contribution < 1.29 is 14.8 Å². The Morgan fingerprint density at radius 3 is 2.87 bits per heavy atom. The van der Waals surface area contributed by atoms with Gasteiger partial charge in [0, 0.05) is 31.0 Å². The van der Waals surface area contributed by atoms with E-state index < -0.39 is 5.91 Å². The maximum Gasteiger partial charge on any atom is 0.274 e. The molecular formula is C17H17N3O3. The van der Waals surface area contributed by atoms with E-state index in [-0.39, 0.29) is 5.91 Å². The molecule has 2 aromatic rings. The van der Waals surface area contributed by atoms with Crippen LogP contribution < -0.4 is 5.48 Å². The minimum Gasteiger partial charge on any atom is -0.338 e. The van der Waals surface area contributed by atoms with Crippen LogP contribution in [0.5, 0.6) is 0 Å². The van der Waals surface area contributed by atoms with E-state index in [2.05, 4.69) is 4.98 Å². The topological polar surface area (TPSA) is 82.5 Å². The number of aromatic nitrogens is 1. The van der Waals surface area contributed by atoms with Crippen molar-refractivity contribution in [3.05, 3.63) is 65.0 Å². The second-order valence-electron chi connectivity index (χ2n) is 5.53. The molecule has 2 N–H and O–H groups in total. The van der Waals surface area contributed by atoms with Gasteiger partial charge in [-0.1, -0.05) is 12.1 Å². The van der Waals surface area contributed by atoms with Gasteiger partial charge in [0.05, 0.1) is 6.42 Å². The lowest BCUT2D eigenvalue weighted by molar-refractivity contribution is -0.131. The fourth-order valence-electron chi connectivity index (χ4n) is 2.76. The smallest absolute Gasteiger partial charge is 0.274 e. The molecule has 3 rings (SSSR count). The van der Waals surface area contributed by atoms with E-state index in [0.717, 1.165) is 16.7 Å². The first-order valence-electron chi connectivity index (χ1n) is 7.40. The number of carbonyl (C=O) groups excluding carboxylic acids is 2. The van der Waals surface area contributed by atoms with Gasteiger partial charge in [-0.05, 0) is 41.3 Å². The maximum absolute atomic E-state index is 12.4. The van der Waals surface area contributed by atoms with Crippen molar-refractivity contribution in [1.29, 1.82) is 0 Å². The maximum atomic E-state index is 12.4. The third-order valence-electron chi connectivity index (χ3n) is 4.01. The number of benzene rings is 1. The van der Waals surface area contributed by atoms with Gasteiger partial charge in [-0.25, -0.2) is 5.48 Å². The quantitative estimate of drug-likeness (QED) is 0.662. The molecule has 0 fully saturated rings. The van der Waals surface area contributed by atoms with Gasteiger partial charge in [0.1, 0.15) is 0 Å². The Hall–Kier alpha value is -2.73. The van der Waals surface area contributed by atoms with Crippen LogP contribution >= 0.6 is 0 Å². The zero-order chi connectivity index (χ0) is 16.2. The molecule has 1 aromatic heterocycles. The highest BCUT2D eigenvalue weighted by molar-refractivity contribution is 5.93. The number of hydrogen-bond acceptors (Lipinski definition) is 4. The van der Waals surface area contributed by atoms with E-state index in [4.69, 9.17) is 5.21 Å². The molecule has 2 amide bonds. The van der Waals surface area contributed by atoms with Gasteiger partial charge >= 0.3 is 0 Å². The van der Waals surface area contributed by atoms with Crippen molar-refractivity contribution in [2.24, 2.45) is 0 Å². The number of fused-ring (bicyclic) bond motifs is 1. The highest BCUT2D eigenvalue weighted by Gasteiger charge is 2.21. The predicted molar refractivity (Wildman–Crippen MR) is 82.8 cm³/mol. The largest absolute Gasteiger partial charge is 0.338 e. The van der Waals surface area contributed by atoms with Crippen molar-refractivity contribution in [3.8, 4) is 0 Å². The lowest BCUT2D eigenvalue weighted by Gasteiger charge is -2.29. The van der Waals surface area contributed by atoms with Crippen LogP contribution in [0.1, 0.15) is 27.0 Å². The van der Waals surface area contributed by atoms with Gasteiger partial charge in [0.2, 0.25) is 5.91 Å². The molecule has 1 aliphatic rings. The molecule has 118 valence electrons. The molecule has 0 saturated carbocycles. The Morgan fingerprint density at radius 2 is 2.13 bits per heavy atom. The zero-order valence-electron chi connectivity index (χ0n) is 12.5. The zero-order valence-corrected chi connectivity index (χ0v) is 12.5. The van der Waals surface area contributed by atoms with Crippen LogP contribution in [-0.4, -0.2) is 33.5 Å². The van der Waals surface area contributed by atoms with E-state index in [9.17, 15) is 9.59 Å². The van der Waals surface area contributed by atoms with Crippen LogP contribution in [0.25, 0.3) is 0 Å². The molecule has 1 aliphatic heterocycles. The van der Waals surface area contributed by atoms with Crippen molar-refractivity contribution >= 4 is 11.8 Å². The fourth-order valence-corrected chi connectivity index (χ4v) is 2.76. The average Bonchev–Trinajstić information content (AvgIpc) is 2.61. The minimum absolute atomic E-state index is 0.0702. The summed E-state index contributed by atoms with van der Waals surface area (Å²) in [6.07, 6.45) is 4.43. The molecule has 0 saturated heterocycles. The van der Waals surface area contributed by atoms with Crippen LogP contribution in [0.2, 0.25) is 0 Å². The Morgan fingerprint density at radius 1 is 1.26 bits per heavy atom. The van der Waals surface area contributed by atoms with Crippen molar-refractivity contribution in [2.75, 3.05) is 6.54 Å². The van der Waals surface area contributed by atoms with Gasteiger partial charge in [-0.2, -0.15) is 0 Å². The Kier molecular flexibility index (Phi) is 4.34. The summed E-state index contributed by atoms with van der Waals surface area (Å²) in [5.74, 6) is -0.455. The summed E-state index contributed by atoms with van der Waals surface area (Å²) in [6.45, 7) is 1.16. The number of nitrogens with one attached hydrogen (secondary N) is 1. The average molecular weight is 311 g/mol. The van der Waals surface area contributed by atoms with Crippen molar-refractivity contribution in [1.82, 2.24) is 15.4 Å². The number of hydrogen-bond donors (Lipinski definition) is 2. The Labute approximate surface area is 133 Å². The first-order valence-corrected chi connectivity index (χ1v) is 7.40. The summed E-state index contributed by atoms with van der Waals surface area (Å²) in [5.41, 5.74) is 5.02. The molecule has 6 nitrogen and oxygen atoms in total. The number of hydroxylamine groups is 1. The van der Waals surface area contributed by atoms with Gasteiger partial charge in [0.25, 0.3) is 5.91 Å². The number of nitrogens with zero attached hydrogens (tertiary/aromatic N) is 2. The lowest BCUT2D eigenvalue weighted by atomic mass is 9.96. The lowest BCUT2D eigenvalue weighted by Crippen LogP contribution is -2.37. The molecule has 0 radical (unpaired) electrons. The van der Waals surface area contributed by atoms with Crippen LogP contribution in [0.4, 0.5) is 0 Å². The number of carbonyl (C=O) groups is 2. The molecular weight excluding hydrogens is 294 g/mol. The molecule has 23 heavy (non-hydrogen) atoms. The van der Waals surface area contributed by atoms with Crippen molar-refractivity contribution in [2.45, 2.75) is 19.4 Å². The first kappa shape index (κ1) is 15.2. The summed E-state index contributed by atoms with van der Waals surface area (Å²) in [6, 6.07) is 8.97. The third-order valence-corrected chi connectivity index (χ3v) is 4.01. The molecule has 2 heterocycles. The Balaban J connectivity index is 1.70. The van der Waals surface area contributed by atoms with Crippen LogP contribution in [0.3, 0.4) is 0 Å². The molecule has 6 heteroatoms. The van der Waals surface area contributed by atoms with Crippen molar-refractivity contribution in [3.63, 3.8) is 0 Å². The number of rotatable bonds is 3. The fraction of sp³-hybridized carbons (Fsp3) is 0.235. The summed E-state index contributed by atoms with van der Waals surface area (Å²) < 4.78 is 0. The highest BCUT2D eigenvalue weighted by atomic mass is 16.5. The molecule has 0 atom stereocenters. The van der Waals surface area contributed by atoms with E-state index in [1.165, 1.54) is 0 Å². The molecule has 0 aliphatic carbocycles. The van der Waals surface area contributed by atoms with Gasteiger partial charge in [-0.3, -0.25) is 19.8 Å². The predicted octanol–water partition coefficient (Wildman–Crippen LogP) is 1.33. The van der Waals surface area contributed by atoms with Gasteiger partial charge in [0.15, 0.2) is 0 Å². The first-order chi connectivity index (χ1) is 11.2. The summed E-state index contributed by atoms with van der Waals surface area (Å²) in [7, 11) is 0. The summed E-state index contributed by atoms with van der Waals surface area (Å²) >= 11 is 0. The SMILES string of the molecule is O=C(NO)c1ccc2c(c1)CCN(C(=O)Cc1cccnc1)C2. The van der Waals surface area contributed by atoms with Crippen LogP contribution in [0, 0.1) is 0 Å². The minimum atomic E-state index is -0.525. The van der Waals surface area contributed by atoms with Crippen LogP contribution in [-0.2, 0) is 24.2 Å². The Bertz CT molecular complexity index is 731. The summed E-state index contributed by atoms with van der Waals surface area (Å²) in [4.78, 5) is 29.7. The third kappa shape index (κ3) is 3.37. The molecule has 0 unspecified atom stereocenters. The van der Waals surface area contributed by atoms with E-state index in [1.54, 1.807) is 30.0 Å². The van der Waals surface area contributed by atoms with E-state index in [1.807, 2.05) is 23.1 Å².